The highest BCUT2D eigenvalue weighted by Crippen LogP contribution is 2.43. The topological polar surface area (TPSA) is 76.0 Å². The van der Waals surface area contributed by atoms with Gasteiger partial charge in [-0.1, -0.05) is 83.6 Å². The molecule has 5 heteroatoms. The lowest BCUT2D eigenvalue weighted by Crippen LogP contribution is -2.36. The number of hydrogen-bond acceptors (Lipinski definition) is 5. The number of carbonyl (C=O) groups excluding carboxylic acids is 1. The zero-order chi connectivity index (χ0) is 29.8. The molecule has 3 unspecified atom stereocenters. The van der Waals surface area contributed by atoms with Gasteiger partial charge >= 0.3 is 0 Å². The Morgan fingerprint density at radius 2 is 1.71 bits per heavy atom. The quantitative estimate of drug-likeness (QED) is 0.152. The second-order valence-corrected chi connectivity index (χ2v) is 13.4. The molecule has 0 amide bonds. The molecule has 0 bridgehead atoms. The number of unbranched alkanes of at least 4 members (excludes halogenated alkanes) is 3. The summed E-state index contributed by atoms with van der Waals surface area (Å²) in [5.74, 6) is 10.1. The fraction of sp³-hybridized carbons (Fsp3) is 0.757. The molecular weight excluding hydrogens is 524 g/mol. The van der Waals surface area contributed by atoms with Crippen molar-refractivity contribution < 1.29 is 24.5 Å². The molecule has 1 aromatic rings. The fourth-order valence-electron chi connectivity index (χ4n) is 7.19. The summed E-state index contributed by atoms with van der Waals surface area (Å²) in [4.78, 5) is 13.2. The third-order valence-electron chi connectivity index (χ3n) is 10.3. The van der Waals surface area contributed by atoms with E-state index in [-0.39, 0.29) is 11.7 Å². The van der Waals surface area contributed by atoms with E-state index in [1.54, 1.807) is 0 Å². The van der Waals surface area contributed by atoms with Crippen LogP contribution in [0.25, 0.3) is 0 Å². The van der Waals surface area contributed by atoms with E-state index in [1.807, 2.05) is 18.2 Å². The lowest BCUT2D eigenvalue weighted by molar-refractivity contribution is -0.121. The number of carbonyl (C=O) groups is 1. The van der Waals surface area contributed by atoms with Crippen molar-refractivity contribution in [3.05, 3.63) is 23.8 Å². The minimum atomic E-state index is -0.837. The van der Waals surface area contributed by atoms with Crippen molar-refractivity contribution in [1.29, 1.82) is 0 Å². The summed E-state index contributed by atoms with van der Waals surface area (Å²) >= 11 is 0. The smallest absolute Gasteiger partial charge is 0.161 e. The highest BCUT2D eigenvalue weighted by atomic mass is 16.6. The van der Waals surface area contributed by atoms with Gasteiger partial charge in [0.05, 0.1) is 6.10 Å². The van der Waals surface area contributed by atoms with Crippen molar-refractivity contribution in [3.63, 3.8) is 0 Å². The predicted molar refractivity (Wildman–Crippen MR) is 169 cm³/mol. The Balaban J connectivity index is 1.28. The number of ether oxygens (including phenoxy) is 2. The van der Waals surface area contributed by atoms with Gasteiger partial charge in [0.25, 0.3) is 0 Å². The van der Waals surface area contributed by atoms with Crippen LogP contribution in [0.15, 0.2) is 18.2 Å². The lowest BCUT2D eigenvalue weighted by Gasteiger charge is -2.40. The molecule has 1 heterocycles. The number of hydrogen-bond donors (Lipinski definition) is 2. The molecule has 2 aliphatic carbocycles. The Morgan fingerprint density at radius 3 is 2.40 bits per heavy atom. The third kappa shape index (κ3) is 9.75. The van der Waals surface area contributed by atoms with Crippen molar-refractivity contribution in [2.75, 3.05) is 13.2 Å². The van der Waals surface area contributed by atoms with Gasteiger partial charge in [-0.3, -0.25) is 4.79 Å². The summed E-state index contributed by atoms with van der Waals surface area (Å²) in [5.41, 5.74) is -0.0435. The molecule has 0 spiro atoms. The first-order chi connectivity index (χ1) is 20.4. The molecule has 2 N–H and O–H groups in total. The van der Waals surface area contributed by atoms with Gasteiger partial charge in [0, 0.05) is 19.3 Å². The van der Waals surface area contributed by atoms with Crippen LogP contribution in [0.4, 0.5) is 0 Å². The Labute approximate surface area is 255 Å². The maximum absolute atomic E-state index is 13.2. The third-order valence-corrected chi connectivity index (χ3v) is 10.3. The molecule has 0 saturated heterocycles. The minimum Gasteiger partial charge on any atom is -0.486 e. The maximum atomic E-state index is 13.2. The van der Waals surface area contributed by atoms with E-state index in [1.165, 1.54) is 44.9 Å². The molecule has 1 aromatic carbocycles. The van der Waals surface area contributed by atoms with Crippen molar-refractivity contribution in [2.24, 2.45) is 23.7 Å². The minimum absolute atomic E-state index is 0.127. The standard InChI is InChI=1S/C37H56O5/c1-3-5-7-11-28(4-2)15-16-31(36(39)32-17-18-34-35(27-32)42-25-24-41-34)26-33(38)14-8-6-9-21-37(40)22-19-30(20-23-37)29-12-10-13-29/h17-18,27-31,36,39-40H,3-8,10-16,19-20,22-26H2,1-2H3. The molecule has 42 heavy (non-hydrogen) atoms. The molecule has 2 saturated carbocycles. The van der Waals surface area contributed by atoms with Gasteiger partial charge in [0.15, 0.2) is 11.5 Å². The zero-order valence-corrected chi connectivity index (χ0v) is 26.4. The van der Waals surface area contributed by atoms with E-state index in [9.17, 15) is 15.0 Å². The van der Waals surface area contributed by atoms with Crippen LogP contribution < -0.4 is 9.47 Å². The highest BCUT2D eigenvalue weighted by Gasteiger charge is 2.36. The largest absolute Gasteiger partial charge is 0.486 e. The van der Waals surface area contributed by atoms with Crippen molar-refractivity contribution in [1.82, 2.24) is 0 Å². The predicted octanol–water partition coefficient (Wildman–Crippen LogP) is 8.35. The average molecular weight is 581 g/mol. The van der Waals surface area contributed by atoms with Gasteiger partial charge in [-0.05, 0) is 79.9 Å². The molecule has 2 fully saturated rings. The van der Waals surface area contributed by atoms with Gasteiger partial charge in [0.2, 0.25) is 0 Å². The van der Waals surface area contributed by atoms with Crippen LogP contribution in [0.2, 0.25) is 0 Å². The summed E-state index contributed by atoms with van der Waals surface area (Å²) in [7, 11) is 0. The van der Waals surface area contributed by atoms with Gasteiger partial charge in [-0.25, -0.2) is 0 Å². The lowest BCUT2D eigenvalue weighted by atomic mass is 9.67. The number of benzene rings is 1. The van der Waals surface area contributed by atoms with E-state index in [4.69, 9.17) is 9.47 Å². The van der Waals surface area contributed by atoms with Crippen molar-refractivity contribution in [3.8, 4) is 23.3 Å². The van der Waals surface area contributed by atoms with Crippen molar-refractivity contribution >= 4 is 5.78 Å². The van der Waals surface area contributed by atoms with Gasteiger partial charge in [0.1, 0.15) is 24.6 Å². The monoisotopic (exact) mass is 580 g/mol. The van der Waals surface area contributed by atoms with Gasteiger partial charge < -0.3 is 19.7 Å². The number of aliphatic hydroxyl groups is 2. The number of rotatable bonds is 16. The molecule has 0 radical (unpaired) electrons. The zero-order valence-electron chi connectivity index (χ0n) is 26.4. The summed E-state index contributed by atoms with van der Waals surface area (Å²) in [5, 5.41) is 22.4. The van der Waals surface area contributed by atoms with Crippen LogP contribution in [0, 0.1) is 35.5 Å². The summed E-state index contributed by atoms with van der Waals surface area (Å²) in [6.45, 7) is 5.53. The van der Waals surface area contributed by atoms with Gasteiger partial charge in [-0.15, -0.1) is 5.92 Å². The van der Waals surface area contributed by atoms with Crippen LogP contribution in [0.1, 0.15) is 141 Å². The molecule has 5 nitrogen and oxygen atoms in total. The molecule has 3 atom stereocenters. The van der Waals surface area contributed by atoms with E-state index in [0.29, 0.717) is 56.3 Å². The second-order valence-electron chi connectivity index (χ2n) is 13.4. The summed E-state index contributed by atoms with van der Waals surface area (Å²) in [6.07, 6.45) is 17.3. The number of ketones is 1. The molecule has 1 aliphatic heterocycles. The van der Waals surface area contributed by atoms with E-state index < -0.39 is 11.7 Å². The van der Waals surface area contributed by atoms with Crippen LogP contribution in [-0.4, -0.2) is 34.8 Å². The average Bonchev–Trinajstić information content (AvgIpc) is 2.97. The fourth-order valence-corrected chi connectivity index (χ4v) is 7.19. The Bertz CT molecular complexity index is 1030. The summed E-state index contributed by atoms with van der Waals surface area (Å²) < 4.78 is 11.4. The van der Waals surface area contributed by atoms with Crippen LogP contribution in [0.3, 0.4) is 0 Å². The Kier molecular flexibility index (Phi) is 13.1. The van der Waals surface area contributed by atoms with Crippen LogP contribution in [0.5, 0.6) is 11.5 Å². The molecule has 0 aromatic heterocycles. The normalized spacial score (nSPS) is 24.1. The Hall–Kier alpha value is -2.03. The SMILES string of the molecule is CCCCCC(CC)CCC(CC(=O)CCCC#CC1(O)CCC(C2CCC2)CC1)C(O)c1ccc2c(c1)OCCO2. The number of fused-ring (bicyclic) bond motifs is 1. The first-order valence-electron chi connectivity index (χ1n) is 17.2. The van der Waals surface area contributed by atoms with E-state index in [0.717, 1.165) is 62.3 Å². The van der Waals surface area contributed by atoms with Gasteiger partial charge in [-0.2, -0.15) is 0 Å². The first-order valence-corrected chi connectivity index (χ1v) is 17.2. The number of Topliss-reactive ketones (excluding diaryl/α,β-unsaturated/α-hetero) is 1. The molecular formula is C37H56O5. The van der Waals surface area contributed by atoms with E-state index in [2.05, 4.69) is 25.7 Å². The maximum Gasteiger partial charge on any atom is 0.161 e. The van der Waals surface area contributed by atoms with Crippen molar-refractivity contribution in [2.45, 2.75) is 141 Å². The first kappa shape index (κ1) is 32.9. The highest BCUT2D eigenvalue weighted by molar-refractivity contribution is 5.78. The Morgan fingerprint density at radius 1 is 0.976 bits per heavy atom. The van der Waals surface area contributed by atoms with E-state index >= 15 is 0 Å². The van der Waals surface area contributed by atoms with Crippen LogP contribution >= 0.6 is 0 Å². The number of aliphatic hydroxyl groups excluding tert-OH is 1. The molecule has 234 valence electrons. The molecule has 3 aliphatic rings. The second kappa shape index (κ2) is 16.7. The van der Waals surface area contributed by atoms with Crippen LogP contribution in [-0.2, 0) is 4.79 Å². The molecule has 4 rings (SSSR count). The summed E-state index contributed by atoms with van der Waals surface area (Å²) in [6, 6.07) is 5.67.